The topological polar surface area (TPSA) is 108 Å². The van der Waals surface area contributed by atoms with E-state index in [1.54, 1.807) is 12.1 Å². The van der Waals surface area contributed by atoms with Gasteiger partial charge >= 0.3 is 0 Å². The maximum absolute atomic E-state index is 13.2. The van der Waals surface area contributed by atoms with Gasteiger partial charge in [-0.2, -0.15) is 0 Å². The fraction of sp³-hybridized carbons (Fsp3) is 0.304. The molecule has 3 aliphatic rings. The van der Waals surface area contributed by atoms with Gasteiger partial charge in [0, 0.05) is 26.1 Å². The molecular weight excluding hydrogens is 396 g/mol. The van der Waals surface area contributed by atoms with Crippen LogP contribution in [0.25, 0.3) is 0 Å². The van der Waals surface area contributed by atoms with Crippen molar-refractivity contribution in [3.8, 4) is 0 Å². The molecule has 1 unspecified atom stereocenters. The molecule has 158 valence electrons. The molecule has 0 saturated carbocycles. The van der Waals surface area contributed by atoms with E-state index in [2.05, 4.69) is 28.1 Å². The predicted molar refractivity (Wildman–Crippen MR) is 111 cm³/mol. The Labute approximate surface area is 179 Å². The molecule has 0 spiro atoms. The van der Waals surface area contributed by atoms with Gasteiger partial charge in [-0.05, 0) is 23.6 Å². The Morgan fingerprint density at radius 3 is 2.42 bits per heavy atom. The molecule has 2 fully saturated rings. The zero-order valence-electron chi connectivity index (χ0n) is 16.8. The zero-order chi connectivity index (χ0) is 21.6. The van der Waals surface area contributed by atoms with Crippen LogP contribution in [0, 0.1) is 0 Å². The molecule has 0 radical (unpaired) electrons. The van der Waals surface area contributed by atoms with Gasteiger partial charge < -0.3 is 10.6 Å². The molecule has 3 heterocycles. The van der Waals surface area contributed by atoms with Crippen molar-refractivity contribution in [1.82, 2.24) is 20.9 Å². The maximum atomic E-state index is 13.2. The molecule has 3 aliphatic heterocycles. The minimum Gasteiger partial charge on any atom is -0.312 e. The average molecular weight is 418 g/mol. The summed E-state index contributed by atoms with van der Waals surface area (Å²) in [6, 6.07) is 14.3. The summed E-state index contributed by atoms with van der Waals surface area (Å²) in [4.78, 5) is 51.0. The van der Waals surface area contributed by atoms with E-state index in [1.165, 1.54) is 0 Å². The lowest BCUT2D eigenvalue weighted by atomic mass is 9.84. The summed E-state index contributed by atoms with van der Waals surface area (Å²) in [7, 11) is 0. The molecule has 8 nitrogen and oxygen atoms in total. The second-order valence-electron chi connectivity index (χ2n) is 8.19. The highest BCUT2D eigenvalue weighted by atomic mass is 16.2. The fourth-order valence-electron chi connectivity index (χ4n) is 4.56. The van der Waals surface area contributed by atoms with Crippen LogP contribution in [-0.2, 0) is 21.7 Å². The van der Waals surface area contributed by atoms with Crippen LogP contribution in [0.2, 0.25) is 0 Å². The minimum absolute atomic E-state index is 0.102. The van der Waals surface area contributed by atoms with Gasteiger partial charge in [-0.1, -0.05) is 42.5 Å². The van der Waals surface area contributed by atoms with Crippen LogP contribution in [-0.4, -0.2) is 47.7 Å². The first-order valence-electron chi connectivity index (χ1n) is 10.3. The lowest BCUT2D eigenvalue weighted by Crippen LogP contribution is -2.64. The summed E-state index contributed by atoms with van der Waals surface area (Å²) in [5.74, 6) is -1.95. The Bertz CT molecular complexity index is 1090. The van der Waals surface area contributed by atoms with E-state index in [1.807, 2.05) is 24.3 Å². The lowest BCUT2D eigenvalue weighted by Gasteiger charge is -2.44. The summed E-state index contributed by atoms with van der Waals surface area (Å²) in [5, 5.41) is 9.09. The summed E-state index contributed by atoms with van der Waals surface area (Å²) in [5.41, 5.74) is 2.27. The van der Waals surface area contributed by atoms with Gasteiger partial charge in [-0.3, -0.25) is 29.4 Å². The van der Waals surface area contributed by atoms with E-state index in [4.69, 9.17) is 0 Å². The Morgan fingerprint density at radius 2 is 1.74 bits per heavy atom. The first-order valence-corrected chi connectivity index (χ1v) is 10.3. The SMILES string of the molecule is O=C1CCC(N2C(=O)c3cccc(CNC4(c5ccccc5)CNC4)c3C2=O)C(=O)N1. The van der Waals surface area contributed by atoms with E-state index >= 15 is 0 Å². The van der Waals surface area contributed by atoms with Crippen LogP contribution in [0.1, 0.15) is 44.7 Å². The van der Waals surface area contributed by atoms with E-state index in [-0.39, 0.29) is 24.3 Å². The molecule has 0 bridgehead atoms. The number of carbonyl (C=O) groups is 4. The van der Waals surface area contributed by atoms with Crippen molar-refractivity contribution in [3.05, 3.63) is 70.8 Å². The number of carbonyl (C=O) groups excluding carboxylic acids is 4. The number of hydrogen-bond donors (Lipinski definition) is 3. The number of rotatable bonds is 5. The van der Waals surface area contributed by atoms with Crippen molar-refractivity contribution in [2.45, 2.75) is 31.0 Å². The Balaban J connectivity index is 1.41. The van der Waals surface area contributed by atoms with Crippen molar-refractivity contribution in [3.63, 3.8) is 0 Å². The average Bonchev–Trinajstić information content (AvgIpc) is 2.99. The van der Waals surface area contributed by atoms with Gasteiger partial charge in [-0.25, -0.2) is 0 Å². The van der Waals surface area contributed by atoms with Crippen LogP contribution in [0.15, 0.2) is 48.5 Å². The number of fused-ring (bicyclic) bond motifs is 1. The van der Waals surface area contributed by atoms with E-state index in [0.29, 0.717) is 23.2 Å². The summed E-state index contributed by atoms with van der Waals surface area (Å²) < 4.78 is 0. The van der Waals surface area contributed by atoms with Crippen LogP contribution >= 0.6 is 0 Å². The number of nitrogens with one attached hydrogen (secondary N) is 3. The van der Waals surface area contributed by atoms with Gasteiger partial charge in [-0.15, -0.1) is 0 Å². The third kappa shape index (κ3) is 3.15. The quantitative estimate of drug-likeness (QED) is 0.617. The first kappa shape index (κ1) is 19.6. The van der Waals surface area contributed by atoms with Crippen LogP contribution in [0.5, 0.6) is 0 Å². The third-order valence-corrected chi connectivity index (χ3v) is 6.35. The van der Waals surface area contributed by atoms with Crippen LogP contribution in [0.4, 0.5) is 0 Å². The summed E-state index contributed by atoms with van der Waals surface area (Å²) in [6.45, 7) is 1.94. The predicted octanol–water partition coefficient (Wildman–Crippen LogP) is 0.676. The molecule has 1 atom stereocenters. The molecule has 5 rings (SSSR count). The van der Waals surface area contributed by atoms with E-state index in [9.17, 15) is 19.2 Å². The molecule has 0 aliphatic carbocycles. The molecule has 8 heteroatoms. The zero-order valence-corrected chi connectivity index (χ0v) is 16.8. The highest BCUT2D eigenvalue weighted by Gasteiger charge is 2.46. The first-order chi connectivity index (χ1) is 15.0. The molecule has 2 aromatic rings. The van der Waals surface area contributed by atoms with Crippen LogP contribution in [0.3, 0.4) is 0 Å². The molecule has 31 heavy (non-hydrogen) atoms. The number of amides is 4. The maximum Gasteiger partial charge on any atom is 0.262 e. The van der Waals surface area contributed by atoms with Gasteiger partial charge in [0.15, 0.2) is 0 Å². The van der Waals surface area contributed by atoms with Crippen molar-refractivity contribution in [2.24, 2.45) is 0 Å². The molecular formula is C23H22N4O4. The minimum atomic E-state index is -0.961. The van der Waals surface area contributed by atoms with E-state index < -0.39 is 23.8 Å². The number of hydrogen-bond acceptors (Lipinski definition) is 6. The van der Waals surface area contributed by atoms with Crippen LogP contribution < -0.4 is 16.0 Å². The Morgan fingerprint density at radius 1 is 0.968 bits per heavy atom. The fourth-order valence-corrected chi connectivity index (χ4v) is 4.56. The lowest BCUT2D eigenvalue weighted by molar-refractivity contribution is -0.136. The summed E-state index contributed by atoms with van der Waals surface area (Å²) in [6.07, 6.45) is 0.247. The molecule has 3 N–H and O–H groups in total. The Hall–Kier alpha value is -3.36. The van der Waals surface area contributed by atoms with Gasteiger partial charge in [0.05, 0.1) is 16.7 Å². The smallest absolute Gasteiger partial charge is 0.262 e. The largest absolute Gasteiger partial charge is 0.312 e. The number of piperidine rings is 1. The number of benzene rings is 2. The van der Waals surface area contributed by atoms with Gasteiger partial charge in [0.1, 0.15) is 6.04 Å². The highest BCUT2D eigenvalue weighted by molar-refractivity contribution is 6.24. The van der Waals surface area contributed by atoms with Crippen molar-refractivity contribution >= 4 is 23.6 Å². The molecule has 0 aromatic heterocycles. The standard InChI is InChI=1S/C23H22N4O4/c28-18-10-9-17(20(29)26-18)27-21(30)16-8-4-5-14(19(16)22(27)31)11-25-23(12-24-13-23)15-6-2-1-3-7-15/h1-8,17,24-25H,9-13H2,(H,26,28,29). The molecule has 2 saturated heterocycles. The number of nitrogens with zero attached hydrogens (tertiary/aromatic N) is 1. The summed E-state index contributed by atoms with van der Waals surface area (Å²) >= 11 is 0. The van der Waals surface area contributed by atoms with E-state index in [0.717, 1.165) is 23.6 Å². The highest BCUT2D eigenvalue weighted by Crippen LogP contribution is 2.31. The van der Waals surface area contributed by atoms with Crippen molar-refractivity contribution < 1.29 is 19.2 Å². The number of imide groups is 2. The second kappa shape index (κ2) is 7.40. The second-order valence-corrected chi connectivity index (χ2v) is 8.19. The monoisotopic (exact) mass is 418 g/mol. The molecule has 4 amide bonds. The molecule has 2 aromatic carbocycles. The Kier molecular flexibility index (Phi) is 4.68. The third-order valence-electron chi connectivity index (χ3n) is 6.35. The van der Waals surface area contributed by atoms with Crippen molar-refractivity contribution in [2.75, 3.05) is 13.1 Å². The van der Waals surface area contributed by atoms with Crippen molar-refractivity contribution in [1.29, 1.82) is 0 Å². The van der Waals surface area contributed by atoms with Gasteiger partial charge in [0.25, 0.3) is 11.8 Å². The normalized spacial score (nSPS) is 22.2. The van der Waals surface area contributed by atoms with Gasteiger partial charge in [0.2, 0.25) is 11.8 Å².